The number of ether oxygens (including phenoxy) is 1. The molecule has 6 nitrogen and oxygen atoms in total. The molecule has 18 heavy (non-hydrogen) atoms. The zero-order chi connectivity index (χ0) is 13.9. The predicted octanol–water partition coefficient (Wildman–Crippen LogP) is 1.05. The number of carbonyl (C=O) groups excluding carboxylic acids is 1. The number of anilines is 2. The second-order valence-corrected chi connectivity index (χ2v) is 3.38. The number of halogens is 3. The van der Waals surface area contributed by atoms with Crippen LogP contribution in [0.25, 0.3) is 0 Å². The minimum Gasteiger partial charge on any atom is -0.467 e. The van der Waals surface area contributed by atoms with Gasteiger partial charge in [-0.25, -0.2) is 9.78 Å². The molecule has 100 valence electrons. The highest BCUT2D eigenvalue weighted by atomic mass is 19.4. The largest absolute Gasteiger partial charge is 0.467 e. The summed E-state index contributed by atoms with van der Waals surface area (Å²) in [6, 6.07) is -0.194. The van der Waals surface area contributed by atoms with E-state index < -0.39 is 29.8 Å². The molecule has 0 saturated carbocycles. The number of alkyl halides is 3. The summed E-state index contributed by atoms with van der Waals surface area (Å²) in [5.74, 6) is -1.38. The third kappa shape index (κ3) is 3.47. The van der Waals surface area contributed by atoms with Crippen molar-refractivity contribution in [2.45, 2.75) is 19.1 Å². The second kappa shape index (κ2) is 5.07. The number of carbonyl (C=O) groups is 1. The van der Waals surface area contributed by atoms with E-state index in [1.54, 1.807) is 0 Å². The molecule has 0 spiro atoms. The molecule has 1 atom stereocenters. The van der Waals surface area contributed by atoms with Crippen molar-refractivity contribution in [3.8, 4) is 0 Å². The van der Waals surface area contributed by atoms with Crippen molar-refractivity contribution >= 4 is 17.7 Å². The van der Waals surface area contributed by atoms with E-state index in [0.717, 1.165) is 7.11 Å². The van der Waals surface area contributed by atoms with Crippen LogP contribution in [0, 0.1) is 0 Å². The lowest BCUT2D eigenvalue weighted by Crippen LogP contribution is -2.28. The number of nitrogen functional groups attached to an aromatic ring is 1. The number of nitrogens with two attached hydrogens (primary N) is 1. The van der Waals surface area contributed by atoms with Gasteiger partial charge in [-0.1, -0.05) is 0 Å². The van der Waals surface area contributed by atoms with Gasteiger partial charge < -0.3 is 15.8 Å². The summed E-state index contributed by atoms with van der Waals surface area (Å²) in [5, 5.41) is 2.44. The molecule has 0 amide bonds. The fraction of sp³-hybridized carbons (Fsp3) is 0.444. The van der Waals surface area contributed by atoms with Crippen LogP contribution in [0.15, 0.2) is 6.07 Å². The summed E-state index contributed by atoms with van der Waals surface area (Å²) in [4.78, 5) is 17.7. The number of nitrogens with one attached hydrogen (secondary N) is 1. The number of nitrogens with zero attached hydrogens (tertiary/aromatic N) is 2. The monoisotopic (exact) mass is 264 g/mol. The van der Waals surface area contributed by atoms with Crippen molar-refractivity contribution in [3.63, 3.8) is 0 Å². The van der Waals surface area contributed by atoms with Crippen LogP contribution >= 0.6 is 0 Å². The van der Waals surface area contributed by atoms with Gasteiger partial charge in [-0.3, -0.25) is 0 Å². The van der Waals surface area contributed by atoms with Crippen molar-refractivity contribution in [1.82, 2.24) is 9.97 Å². The average Bonchev–Trinajstić information content (AvgIpc) is 2.25. The number of aromatic nitrogens is 2. The molecule has 9 heteroatoms. The molecule has 1 aromatic heterocycles. The molecule has 3 N–H and O–H groups in total. The summed E-state index contributed by atoms with van der Waals surface area (Å²) in [7, 11) is 1.16. The van der Waals surface area contributed by atoms with Crippen LogP contribution in [0.5, 0.6) is 0 Å². The summed E-state index contributed by atoms with van der Waals surface area (Å²) < 4.78 is 41.7. The Morgan fingerprint density at radius 3 is 2.61 bits per heavy atom. The van der Waals surface area contributed by atoms with Gasteiger partial charge in [0.05, 0.1) is 7.11 Å². The highest BCUT2D eigenvalue weighted by Crippen LogP contribution is 2.29. The van der Waals surface area contributed by atoms with Crippen LogP contribution in [-0.2, 0) is 15.7 Å². The molecule has 1 rings (SSSR count). The third-order valence-electron chi connectivity index (χ3n) is 1.95. The third-order valence-corrected chi connectivity index (χ3v) is 1.95. The normalized spacial score (nSPS) is 12.9. The van der Waals surface area contributed by atoms with Gasteiger partial charge in [0.2, 0.25) is 5.95 Å². The minimum atomic E-state index is -4.64. The highest BCUT2D eigenvalue weighted by molar-refractivity contribution is 5.78. The predicted molar refractivity (Wildman–Crippen MR) is 56.5 cm³/mol. The Morgan fingerprint density at radius 1 is 1.50 bits per heavy atom. The summed E-state index contributed by atoms with van der Waals surface area (Å²) in [6.07, 6.45) is -4.64. The van der Waals surface area contributed by atoms with Gasteiger partial charge in [0.25, 0.3) is 0 Å². The number of rotatable bonds is 3. The van der Waals surface area contributed by atoms with Gasteiger partial charge >= 0.3 is 12.1 Å². The van der Waals surface area contributed by atoms with Crippen molar-refractivity contribution in [2.24, 2.45) is 0 Å². The first-order valence-electron chi connectivity index (χ1n) is 4.80. The lowest BCUT2D eigenvalue weighted by Gasteiger charge is -2.13. The molecule has 0 saturated heterocycles. The van der Waals surface area contributed by atoms with Crippen LogP contribution in [0.1, 0.15) is 12.6 Å². The summed E-state index contributed by atoms with van der Waals surface area (Å²) in [5.41, 5.74) is 3.98. The Kier molecular flexibility index (Phi) is 3.94. The van der Waals surface area contributed by atoms with E-state index in [9.17, 15) is 18.0 Å². The van der Waals surface area contributed by atoms with E-state index in [1.165, 1.54) is 6.92 Å². The first-order chi connectivity index (χ1) is 8.24. The van der Waals surface area contributed by atoms with E-state index >= 15 is 0 Å². The average molecular weight is 264 g/mol. The van der Waals surface area contributed by atoms with Crippen molar-refractivity contribution < 1.29 is 22.7 Å². The maximum Gasteiger partial charge on any atom is 0.433 e. The van der Waals surface area contributed by atoms with Gasteiger partial charge in [-0.2, -0.15) is 18.2 Å². The smallest absolute Gasteiger partial charge is 0.433 e. The Morgan fingerprint density at radius 2 is 2.11 bits per heavy atom. The number of esters is 1. The molecular formula is C9H11F3N4O2. The molecule has 0 radical (unpaired) electrons. The molecule has 1 unspecified atom stereocenters. The van der Waals surface area contributed by atoms with Gasteiger partial charge in [0.15, 0.2) is 5.69 Å². The Hall–Kier alpha value is -2.06. The maximum absolute atomic E-state index is 12.4. The molecule has 1 aromatic rings. The standard InChI is InChI=1S/C9H11F3N4O2/c1-4(7(17)18-2)14-6-3-5(9(10,11)12)15-8(13)16-6/h3-4H,1-2H3,(H3,13,14,15,16). The maximum atomic E-state index is 12.4. The van der Waals surface area contributed by atoms with Crippen molar-refractivity contribution in [2.75, 3.05) is 18.2 Å². The van der Waals surface area contributed by atoms with E-state index in [-0.39, 0.29) is 5.82 Å². The molecule has 0 aliphatic carbocycles. The van der Waals surface area contributed by atoms with Crippen LogP contribution in [0.4, 0.5) is 24.9 Å². The summed E-state index contributed by atoms with van der Waals surface area (Å²) >= 11 is 0. The van der Waals surface area contributed by atoms with Crippen LogP contribution in [0.3, 0.4) is 0 Å². The minimum absolute atomic E-state index is 0.201. The van der Waals surface area contributed by atoms with E-state index in [4.69, 9.17) is 5.73 Å². The molecule has 0 bridgehead atoms. The lowest BCUT2D eigenvalue weighted by molar-refractivity contribution is -0.141. The fourth-order valence-corrected chi connectivity index (χ4v) is 1.14. The van der Waals surface area contributed by atoms with Gasteiger partial charge in [-0.05, 0) is 6.92 Å². The quantitative estimate of drug-likeness (QED) is 0.793. The SMILES string of the molecule is COC(=O)C(C)Nc1cc(C(F)(F)F)nc(N)n1. The molecule has 1 heterocycles. The first kappa shape index (κ1) is 14.0. The second-order valence-electron chi connectivity index (χ2n) is 3.38. The Labute approximate surface area is 100 Å². The van der Waals surface area contributed by atoms with Crippen LogP contribution in [0.2, 0.25) is 0 Å². The molecular weight excluding hydrogens is 253 g/mol. The van der Waals surface area contributed by atoms with Crippen molar-refractivity contribution in [1.29, 1.82) is 0 Å². The number of hydrogen-bond donors (Lipinski definition) is 2. The van der Waals surface area contributed by atoms with Crippen molar-refractivity contribution in [3.05, 3.63) is 11.8 Å². The van der Waals surface area contributed by atoms with E-state index in [0.29, 0.717) is 6.07 Å². The molecule has 0 aliphatic rings. The Bertz CT molecular complexity index is 450. The van der Waals surface area contributed by atoms with Crippen LogP contribution in [-0.4, -0.2) is 29.1 Å². The molecule has 0 aromatic carbocycles. The topological polar surface area (TPSA) is 90.1 Å². The fourth-order valence-electron chi connectivity index (χ4n) is 1.14. The zero-order valence-electron chi connectivity index (χ0n) is 9.58. The number of hydrogen-bond acceptors (Lipinski definition) is 6. The first-order valence-corrected chi connectivity index (χ1v) is 4.80. The number of methoxy groups -OCH3 is 1. The van der Waals surface area contributed by atoms with E-state index in [1.807, 2.05) is 0 Å². The van der Waals surface area contributed by atoms with Gasteiger partial charge in [0, 0.05) is 6.07 Å². The highest BCUT2D eigenvalue weighted by Gasteiger charge is 2.33. The van der Waals surface area contributed by atoms with Crippen LogP contribution < -0.4 is 11.1 Å². The van der Waals surface area contributed by atoms with Gasteiger partial charge in [0.1, 0.15) is 11.9 Å². The Balaban J connectivity index is 2.97. The molecule has 0 fully saturated rings. The molecule has 0 aliphatic heterocycles. The van der Waals surface area contributed by atoms with Gasteiger partial charge in [-0.15, -0.1) is 0 Å². The lowest BCUT2D eigenvalue weighted by atomic mass is 10.3. The zero-order valence-corrected chi connectivity index (χ0v) is 9.58. The van der Waals surface area contributed by atoms with E-state index in [2.05, 4.69) is 20.0 Å². The summed E-state index contributed by atoms with van der Waals surface area (Å²) in [6.45, 7) is 1.41.